The number of amides is 3. The Bertz CT molecular complexity index is 757. The highest BCUT2D eigenvalue weighted by atomic mass is 35.5. The van der Waals surface area contributed by atoms with Crippen LogP contribution in [0.4, 0.5) is 0 Å². The normalized spacial score (nSPS) is 19.3. The zero-order chi connectivity index (χ0) is 21.0. The molecule has 0 unspecified atom stereocenters. The second-order valence-electron chi connectivity index (χ2n) is 8.19. The molecule has 158 valence electrons. The Balaban J connectivity index is 1.69. The molecule has 3 rings (SSSR count). The second kappa shape index (κ2) is 9.61. The number of hydrogen-bond acceptors (Lipinski definition) is 3. The lowest BCUT2D eigenvalue weighted by atomic mass is 9.88. The number of piperidine rings is 1. The van der Waals surface area contributed by atoms with Crippen molar-refractivity contribution in [3.8, 4) is 0 Å². The van der Waals surface area contributed by atoms with Crippen molar-refractivity contribution < 1.29 is 14.4 Å². The highest BCUT2D eigenvalue weighted by Gasteiger charge is 2.38. The third-order valence-electron chi connectivity index (χ3n) is 5.94. The van der Waals surface area contributed by atoms with Gasteiger partial charge in [-0.1, -0.05) is 30.7 Å². The average molecular weight is 420 g/mol. The highest BCUT2D eigenvalue weighted by molar-refractivity contribution is 6.33. The second-order valence-corrected chi connectivity index (χ2v) is 8.59. The Kier molecular flexibility index (Phi) is 7.17. The maximum Gasteiger partial charge on any atom is 0.253 e. The summed E-state index contributed by atoms with van der Waals surface area (Å²) in [6.45, 7) is 5.22. The van der Waals surface area contributed by atoms with Crippen LogP contribution in [0.1, 0.15) is 56.3 Å². The van der Waals surface area contributed by atoms with Crippen LogP contribution in [-0.4, -0.2) is 47.8 Å². The van der Waals surface area contributed by atoms with E-state index in [-0.39, 0.29) is 35.6 Å². The van der Waals surface area contributed by atoms with Gasteiger partial charge in [0.25, 0.3) is 5.91 Å². The molecule has 1 aliphatic heterocycles. The van der Waals surface area contributed by atoms with E-state index in [1.807, 2.05) is 18.7 Å². The number of benzene rings is 1. The lowest BCUT2D eigenvalue weighted by Crippen LogP contribution is -2.55. The largest absolute Gasteiger partial charge is 0.352 e. The van der Waals surface area contributed by atoms with Crippen LogP contribution in [0.3, 0.4) is 0 Å². The van der Waals surface area contributed by atoms with Crippen molar-refractivity contribution in [2.45, 2.75) is 58.0 Å². The summed E-state index contributed by atoms with van der Waals surface area (Å²) in [5.74, 6) is -0.100. The van der Waals surface area contributed by atoms with Crippen LogP contribution in [0.15, 0.2) is 24.3 Å². The van der Waals surface area contributed by atoms with Crippen LogP contribution in [0, 0.1) is 11.8 Å². The number of halogens is 1. The molecule has 1 aromatic carbocycles. The van der Waals surface area contributed by atoms with Crippen molar-refractivity contribution in [3.63, 3.8) is 0 Å². The van der Waals surface area contributed by atoms with Crippen LogP contribution in [-0.2, 0) is 9.59 Å². The Morgan fingerprint density at radius 2 is 1.76 bits per heavy atom. The van der Waals surface area contributed by atoms with Crippen molar-refractivity contribution in [1.29, 1.82) is 0 Å². The van der Waals surface area contributed by atoms with E-state index >= 15 is 0 Å². The lowest BCUT2D eigenvalue weighted by molar-refractivity contribution is -0.134. The Labute approximate surface area is 177 Å². The van der Waals surface area contributed by atoms with Crippen molar-refractivity contribution in [2.24, 2.45) is 11.8 Å². The number of carbonyl (C=O) groups excluding carboxylic acids is 3. The topological polar surface area (TPSA) is 78.5 Å². The maximum atomic E-state index is 13.0. The van der Waals surface area contributed by atoms with E-state index < -0.39 is 6.04 Å². The molecule has 0 radical (unpaired) electrons. The SMILES string of the molecule is CC[C@@H](C)NC(=O)[C@H](NC(=O)c1ccccc1Cl)C1CCN(C(=O)C2CC2)CC1. The van der Waals surface area contributed by atoms with Gasteiger partial charge in [0, 0.05) is 25.0 Å². The molecule has 1 aliphatic carbocycles. The van der Waals surface area contributed by atoms with Gasteiger partial charge in [0.2, 0.25) is 11.8 Å². The molecule has 1 aromatic rings. The summed E-state index contributed by atoms with van der Waals surface area (Å²) < 4.78 is 0. The first-order valence-electron chi connectivity index (χ1n) is 10.5. The van der Waals surface area contributed by atoms with E-state index in [9.17, 15) is 14.4 Å². The summed E-state index contributed by atoms with van der Waals surface area (Å²) in [6.07, 6.45) is 4.18. The summed E-state index contributed by atoms with van der Waals surface area (Å²) >= 11 is 6.16. The van der Waals surface area contributed by atoms with Gasteiger partial charge < -0.3 is 15.5 Å². The molecule has 2 atom stereocenters. The molecule has 2 aliphatic rings. The van der Waals surface area contributed by atoms with E-state index in [2.05, 4.69) is 10.6 Å². The fourth-order valence-electron chi connectivity index (χ4n) is 3.74. The van der Waals surface area contributed by atoms with Gasteiger partial charge in [-0.25, -0.2) is 0 Å². The van der Waals surface area contributed by atoms with Gasteiger partial charge in [-0.05, 0) is 57.1 Å². The number of hydrogen-bond donors (Lipinski definition) is 2. The number of carbonyl (C=O) groups is 3. The minimum absolute atomic E-state index is 0.0197. The molecule has 2 fully saturated rings. The van der Waals surface area contributed by atoms with Gasteiger partial charge in [0.1, 0.15) is 6.04 Å². The first-order chi connectivity index (χ1) is 13.9. The average Bonchev–Trinajstić information content (AvgIpc) is 3.57. The quantitative estimate of drug-likeness (QED) is 0.713. The summed E-state index contributed by atoms with van der Waals surface area (Å²) in [7, 11) is 0. The van der Waals surface area contributed by atoms with Gasteiger partial charge in [-0.2, -0.15) is 0 Å². The maximum absolute atomic E-state index is 13.0. The van der Waals surface area contributed by atoms with Crippen molar-refractivity contribution in [2.75, 3.05) is 13.1 Å². The van der Waals surface area contributed by atoms with Crippen molar-refractivity contribution in [3.05, 3.63) is 34.9 Å². The van der Waals surface area contributed by atoms with Gasteiger partial charge in [0.15, 0.2) is 0 Å². The van der Waals surface area contributed by atoms with Crippen LogP contribution >= 0.6 is 11.6 Å². The number of likely N-dealkylation sites (tertiary alicyclic amines) is 1. The van der Waals surface area contributed by atoms with Crippen LogP contribution in [0.5, 0.6) is 0 Å². The molecule has 0 bridgehead atoms. The smallest absolute Gasteiger partial charge is 0.253 e. The Morgan fingerprint density at radius 3 is 2.34 bits per heavy atom. The molecule has 7 heteroatoms. The third-order valence-corrected chi connectivity index (χ3v) is 6.27. The zero-order valence-electron chi connectivity index (χ0n) is 17.1. The molecule has 0 spiro atoms. The summed E-state index contributed by atoms with van der Waals surface area (Å²) in [5.41, 5.74) is 0.358. The molecule has 0 aromatic heterocycles. The monoisotopic (exact) mass is 419 g/mol. The van der Waals surface area contributed by atoms with Gasteiger partial charge in [-0.15, -0.1) is 0 Å². The van der Waals surface area contributed by atoms with Gasteiger partial charge in [0.05, 0.1) is 10.6 Å². The standard InChI is InChI=1S/C22H30ClN3O3/c1-3-14(2)24-21(28)19(25-20(27)17-6-4-5-7-18(17)23)15-10-12-26(13-11-15)22(29)16-8-9-16/h4-7,14-16,19H,3,8-13H2,1-2H3,(H,24,28)(H,25,27)/t14-,19-/m1/s1. The fourth-order valence-corrected chi connectivity index (χ4v) is 3.96. The van der Waals surface area contributed by atoms with Gasteiger partial charge >= 0.3 is 0 Å². The molecular weight excluding hydrogens is 390 g/mol. The molecule has 6 nitrogen and oxygen atoms in total. The summed E-state index contributed by atoms with van der Waals surface area (Å²) in [5, 5.41) is 6.26. The summed E-state index contributed by atoms with van der Waals surface area (Å²) in [4.78, 5) is 40.0. The third kappa shape index (κ3) is 5.50. The van der Waals surface area contributed by atoms with Crippen LogP contribution in [0.25, 0.3) is 0 Å². The Morgan fingerprint density at radius 1 is 1.10 bits per heavy atom. The van der Waals surface area contributed by atoms with E-state index in [4.69, 9.17) is 11.6 Å². The van der Waals surface area contributed by atoms with Crippen LogP contribution < -0.4 is 10.6 Å². The zero-order valence-corrected chi connectivity index (χ0v) is 17.9. The molecule has 1 heterocycles. The van der Waals surface area contributed by atoms with E-state index in [0.717, 1.165) is 19.3 Å². The molecular formula is C22H30ClN3O3. The van der Waals surface area contributed by atoms with E-state index in [1.165, 1.54) is 0 Å². The highest BCUT2D eigenvalue weighted by Crippen LogP contribution is 2.33. The first-order valence-corrected chi connectivity index (χ1v) is 10.9. The predicted molar refractivity (Wildman–Crippen MR) is 113 cm³/mol. The molecule has 1 saturated heterocycles. The Hall–Kier alpha value is -2.08. The molecule has 3 amide bonds. The van der Waals surface area contributed by atoms with Crippen molar-refractivity contribution >= 4 is 29.3 Å². The number of rotatable bonds is 7. The fraction of sp³-hybridized carbons (Fsp3) is 0.591. The minimum atomic E-state index is -0.647. The molecule has 1 saturated carbocycles. The number of nitrogens with one attached hydrogen (secondary N) is 2. The van der Waals surface area contributed by atoms with Crippen LogP contribution in [0.2, 0.25) is 5.02 Å². The lowest BCUT2D eigenvalue weighted by Gasteiger charge is -2.36. The minimum Gasteiger partial charge on any atom is -0.352 e. The summed E-state index contributed by atoms with van der Waals surface area (Å²) in [6, 6.07) is 6.20. The van der Waals surface area contributed by atoms with E-state index in [0.29, 0.717) is 36.5 Å². The van der Waals surface area contributed by atoms with Crippen molar-refractivity contribution in [1.82, 2.24) is 15.5 Å². The first kappa shape index (κ1) is 21.6. The predicted octanol–water partition coefficient (Wildman–Crippen LogP) is 3.00. The molecule has 29 heavy (non-hydrogen) atoms. The number of nitrogens with zero attached hydrogens (tertiary/aromatic N) is 1. The van der Waals surface area contributed by atoms with Gasteiger partial charge in [-0.3, -0.25) is 14.4 Å². The molecule has 2 N–H and O–H groups in total. The van der Waals surface area contributed by atoms with E-state index in [1.54, 1.807) is 24.3 Å².